The number of halogens is 1. The van der Waals surface area contributed by atoms with E-state index in [1.54, 1.807) is 18.2 Å². The van der Waals surface area contributed by atoms with E-state index >= 15 is 0 Å². The van der Waals surface area contributed by atoms with Crippen LogP contribution in [0.1, 0.15) is 19.3 Å². The molecule has 0 saturated carbocycles. The van der Waals surface area contributed by atoms with Gasteiger partial charge in [-0.25, -0.2) is 0 Å². The number of methoxy groups -OCH3 is 1. The summed E-state index contributed by atoms with van der Waals surface area (Å²) in [5.41, 5.74) is -0.413. The molecule has 24 heavy (non-hydrogen) atoms. The van der Waals surface area contributed by atoms with E-state index in [-0.39, 0.29) is 18.4 Å². The van der Waals surface area contributed by atoms with Crippen LogP contribution in [0.2, 0.25) is 5.02 Å². The van der Waals surface area contributed by atoms with E-state index in [1.165, 1.54) is 10.9 Å². The molecule has 2 fully saturated rings. The maximum atomic E-state index is 12.9. The predicted octanol–water partition coefficient (Wildman–Crippen LogP) is 1.02. The van der Waals surface area contributed by atoms with Gasteiger partial charge in [0.1, 0.15) is 6.54 Å². The molecule has 0 bridgehead atoms. The van der Waals surface area contributed by atoms with Gasteiger partial charge in [-0.2, -0.15) is 5.10 Å². The van der Waals surface area contributed by atoms with Crippen molar-refractivity contribution in [2.24, 2.45) is 5.41 Å². The van der Waals surface area contributed by atoms with Crippen LogP contribution in [0.25, 0.3) is 0 Å². The van der Waals surface area contributed by atoms with Crippen molar-refractivity contribution < 1.29 is 14.3 Å². The summed E-state index contributed by atoms with van der Waals surface area (Å²) in [6.45, 7) is 3.23. The van der Waals surface area contributed by atoms with Crippen molar-refractivity contribution in [1.82, 2.24) is 19.6 Å². The van der Waals surface area contributed by atoms with Gasteiger partial charge in [0.25, 0.3) is 0 Å². The maximum absolute atomic E-state index is 12.9. The fraction of sp³-hybridized carbons (Fsp3) is 0.688. The Morgan fingerprint density at radius 1 is 1.42 bits per heavy atom. The van der Waals surface area contributed by atoms with Crippen molar-refractivity contribution in [3.8, 4) is 0 Å². The number of ether oxygens (including phenoxy) is 1. The van der Waals surface area contributed by atoms with E-state index < -0.39 is 5.41 Å². The highest BCUT2D eigenvalue weighted by Gasteiger charge is 2.49. The standard InChI is InChI=1S/C16H23ClN4O3/c1-24-8-7-19-5-2-3-16(15(19)23)4-6-20(12-16)14(22)11-21-10-13(17)9-18-21/h9-10H,2-8,11-12H2,1H3/t16-/m1/s1. The van der Waals surface area contributed by atoms with Crippen molar-refractivity contribution in [3.63, 3.8) is 0 Å². The SMILES string of the molecule is COCCN1CCC[C@]2(CCN(C(=O)Cn3cc(Cl)cn3)C2)C1=O. The molecule has 2 saturated heterocycles. The number of amides is 2. The van der Waals surface area contributed by atoms with Crippen LogP contribution in [0.15, 0.2) is 12.4 Å². The van der Waals surface area contributed by atoms with E-state index in [1.807, 2.05) is 4.90 Å². The monoisotopic (exact) mass is 354 g/mol. The lowest BCUT2D eigenvalue weighted by Gasteiger charge is -2.39. The first-order valence-corrected chi connectivity index (χ1v) is 8.66. The lowest BCUT2D eigenvalue weighted by atomic mass is 9.78. The zero-order valence-electron chi connectivity index (χ0n) is 13.9. The van der Waals surface area contributed by atoms with Gasteiger partial charge in [-0.15, -0.1) is 0 Å². The van der Waals surface area contributed by atoms with E-state index in [0.717, 1.165) is 25.8 Å². The largest absolute Gasteiger partial charge is 0.383 e. The Hall–Kier alpha value is -1.60. The molecule has 8 heteroatoms. The molecule has 132 valence electrons. The van der Waals surface area contributed by atoms with E-state index in [4.69, 9.17) is 16.3 Å². The molecule has 2 aliphatic rings. The molecule has 3 heterocycles. The van der Waals surface area contributed by atoms with Crippen LogP contribution in [0.3, 0.4) is 0 Å². The lowest BCUT2D eigenvalue weighted by Crippen LogP contribution is -2.51. The van der Waals surface area contributed by atoms with E-state index in [0.29, 0.717) is 31.3 Å². The van der Waals surface area contributed by atoms with Crippen LogP contribution in [-0.4, -0.2) is 71.3 Å². The molecule has 0 aliphatic carbocycles. The molecule has 7 nitrogen and oxygen atoms in total. The van der Waals surface area contributed by atoms with Gasteiger partial charge in [-0.05, 0) is 19.3 Å². The number of nitrogens with zero attached hydrogens (tertiary/aromatic N) is 4. The molecule has 3 rings (SSSR count). The number of carbonyl (C=O) groups excluding carboxylic acids is 2. The molecular weight excluding hydrogens is 332 g/mol. The van der Waals surface area contributed by atoms with Crippen molar-refractivity contribution >= 4 is 23.4 Å². The molecule has 2 aliphatic heterocycles. The highest BCUT2D eigenvalue weighted by atomic mass is 35.5. The molecule has 1 spiro atoms. The highest BCUT2D eigenvalue weighted by Crippen LogP contribution is 2.40. The Labute approximate surface area is 146 Å². The summed E-state index contributed by atoms with van der Waals surface area (Å²) in [7, 11) is 1.64. The molecule has 0 aromatic carbocycles. The topological polar surface area (TPSA) is 67.7 Å². The number of aromatic nitrogens is 2. The smallest absolute Gasteiger partial charge is 0.244 e. The minimum absolute atomic E-state index is 0.0199. The second-order valence-corrected chi connectivity index (χ2v) is 7.03. The van der Waals surface area contributed by atoms with Crippen molar-refractivity contribution in [3.05, 3.63) is 17.4 Å². The third kappa shape index (κ3) is 3.42. The van der Waals surface area contributed by atoms with Gasteiger partial charge in [-0.3, -0.25) is 14.3 Å². The van der Waals surface area contributed by atoms with Gasteiger partial charge < -0.3 is 14.5 Å². The number of rotatable bonds is 5. The second kappa shape index (κ2) is 7.11. The summed E-state index contributed by atoms with van der Waals surface area (Å²) in [5.74, 6) is 0.150. The Morgan fingerprint density at radius 3 is 2.96 bits per heavy atom. The summed E-state index contributed by atoms with van der Waals surface area (Å²) in [6, 6.07) is 0. The molecule has 0 unspecified atom stereocenters. The number of hydrogen-bond donors (Lipinski definition) is 0. The lowest BCUT2D eigenvalue weighted by molar-refractivity contribution is -0.146. The van der Waals surface area contributed by atoms with Crippen molar-refractivity contribution in [2.45, 2.75) is 25.8 Å². The summed E-state index contributed by atoms with van der Waals surface area (Å²) in [5, 5.41) is 4.55. The van der Waals surface area contributed by atoms with Crippen LogP contribution < -0.4 is 0 Å². The van der Waals surface area contributed by atoms with Gasteiger partial charge in [0.15, 0.2) is 0 Å². The first-order chi connectivity index (χ1) is 11.5. The molecule has 0 N–H and O–H groups in total. The molecular formula is C16H23ClN4O3. The van der Waals surface area contributed by atoms with Gasteiger partial charge in [-0.1, -0.05) is 11.6 Å². The number of carbonyl (C=O) groups is 2. The molecule has 1 atom stereocenters. The fourth-order valence-electron chi connectivity index (χ4n) is 3.69. The minimum Gasteiger partial charge on any atom is -0.383 e. The minimum atomic E-state index is -0.413. The third-order valence-corrected chi connectivity index (χ3v) is 5.19. The zero-order chi connectivity index (χ0) is 17.2. The van der Waals surface area contributed by atoms with E-state index in [9.17, 15) is 9.59 Å². The number of hydrogen-bond acceptors (Lipinski definition) is 4. The Kier molecular flexibility index (Phi) is 5.10. The summed E-state index contributed by atoms with van der Waals surface area (Å²) in [6.07, 6.45) is 5.71. The Balaban J connectivity index is 1.62. The number of piperidine rings is 1. The summed E-state index contributed by atoms with van der Waals surface area (Å²) in [4.78, 5) is 29.0. The van der Waals surface area contributed by atoms with Gasteiger partial charge in [0.05, 0.1) is 23.2 Å². The molecule has 1 aromatic rings. The van der Waals surface area contributed by atoms with Crippen molar-refractivity contribution in [2.75, 3.05) is 39.9 Å². The maximum Gasteiger partial charge on any atom is 0.244 e. The fourth-order valence-corrected chi connectivity index (χ4v) is 3.85. The first kappa shape index (κ1) is 17.2. The highest BCUT2D eigenvalue weighted by molar-refractivity contribution is 6.30. The quantitative estimate of drug-likeness (QED) is 0.792. The predicted molar refractivity (Wildman–Crippen MR) is 88.6 cm³/mol. The second-order valence-electron chi connectivity index (χ2n) is 6.59. The zero-order valence-corrected chi connectivity index (χ0v) is 14.7. The average Bonchev–Trinajstić information content (AvgIpc) is 3.16. The summed E-state index contributed by atoms with van der Waals surface area (Å²) < 4.78 is 6.62. The van der Waals surface area contributed by atoms with Gasteiger partial charge in [0, 0.05) is 39.5 Å². The number of likely N-dealkylation sites (tertiary alicyclic amines) is 2. The van der Waals surface area contributed by atoms with Gasteiger partial charge >= 0.3 is 0 Å². The van der Waals surface area contributed by atoms with E-state index in [2.05, 4.69) is 5.10 Å². The van der Waals surface area contributed by atoms with Crippen LogP contribution in [0, 0.1) is 5.41 Å². The Bertz CT molecular complexity index is 620. The van der Waals surface area contributed by atoms with Crippen molar-refractivity contribution in [1.29, 1.82) is 0 Å². The van der Waals surface area contributed by atoms with Crippen LogP contribution in [0.5, 0.6) is 0 Å². The van der Waals surface area contributed by atoms with Gasteiger partial charge in [0.2, 0.25) is 11.8 Å². The van der Waals surface area contributed by atoms with Crippen LogP contribution >= 0.6 is 11.6 Å². The molecule has 1 aromatic heterocycles. The van der Waals surface area contributed by atoms with Crippen LogP contribution in [0.4, 0.5) is 0 Å². The molecule has 0 radical (unpaired) electrons. The Morgan fingerprint density at radius 2 is 2.25 bits per heavy atom. The van der Waals surface area contributed by atoms with Crippen LogP contribution in [-0.2, 0) is 20.9 Å². The molecule has 2 amide bonds. The first-order valence-electron chi connectivity index (χ1n) is 8.28. The average molecular weight is 355 g/mol. The summed E-state index contributed by atoms with van der Waals surface area (Å²) >= 11 is 5.83. The third-order valence-electron chi connectivity index (χ3n) is 5.00. The normalized spacial score (nSPS) is 24.2.